The number of amides is 1. The van der Waals surface area contributed by atoms with Crippen LogP contribution in [0.25, 0.3) is 0 Å². The highest BCUT2D eigenvalue weighted by molar-refractivity contribution is 14.0. The van der Waals surface area contributed by atoms with Crippen molar-refractivity contribution in [1.29, 1.82) is 0 Å². The molecule has 0 aliphatic carbocycles. The van der Waals surface area contributed by atoms with Gasteiger partial charge < -0.3 is 20.4 Å². The molecule has 0 aromatic heterocycles. The number of para-hydroxylation sites is 1. The van der Waals surface area contributed by atoms with Gasteiger partial charge in [0.05, 0.1) is 6.04 Å². The summed E-state index contributed by atoms with van der Waals surface area (Å²) < 4.78 is 0. The van der Waals surface area contributed by atoms with Crippen molar-refractivity contribution in [3.05, 3.63) is 72.3 Å². The Kier molecular flexibility index (Phi) is 7.73. The van der Waals surface area contributed by atoms with E-state index in [1.807, 2.05) is 35.2 Å². The number of guanidine groups is 1. The Morgan fingerprint density at radius 3 is 2.53 bits per heavy atom. The SMILES string of the molecule is CN=C(NCc1cccc(N2CC=CC2)c1)NC1CC(=O)N(c2ccccc2)C1.I. The van der Waals surface area contributed by atoms with Crippen molar-refractivity contribution in [3.8, 4) is 0 Å². The summed E-state index contributed by atoms with van der Waals surface area (Å²) >= 11 is 0. The van der Waals surface area contributed by atoms with Crippen molar-refractivity contribution in [2.75, 3.05) is 36.5 Å². The van der Waals surface area contributed by atoms with E-state index in [-0.39, 0.29) is 35.9 Å². The third kappa shape index (κ3) is 5.33. The second-order valence-electron chi connectivity index (χ2n) is 7.36. The first-order valence-corrected chi connectivity index (χ1v) is 10.0. The Morgan fingerprint density at radius 2 is 1.80 bits per heavy atom. The van der Waals surface area contributed by atoms with E-state index in [4.69, 9.17) is 0 Å². The molecule has 1 unspecified atom stereocenters. The van der Waals surface area contributed by atoms with E-state index in [1.54, 1.807) is 7.05 Å². The van der Waals surface area contributed by atoms with Gasteiger partial charge in [-0.3, -0.25) is 9.79 Å². The molecule has 1 amide bonds. The lowest BCUT2D eigenvalue weighted by Gasteiger charge is -2.20. The maximum atomic E-state index is 12.4. The van der Waals surface area contributed by atoms with Crippen LogP contribution >= 0.6 is 24.0 Å². The van der Waals surface area contributed by atoms with E-state index in [1.165, 1.54) is 11.3 Å². The maximum absolute atomic E-state index is 12.4. The molecule has 7 heteroatoms. The number of nitrogens with one attached hydrogen (secondary N) is 2. The zero-order valence-corrected chi connectivity index (χ0v) is 19.5. The van der Waals surface area contributed by atoms with E-state index in [2.05, 4.69) is 56.9 Å². The first kappa shape index (κ1) is 22.1. The van der Waals surface area contributed by atoms with Crippen LogP contribution in [0.1, 0.15) is 12.0 Å². The fraction of sp³-hybridized carbons (Fsp3) is 0.304. The molecule has 2 heterocycles. The van der Waals surface area contributed by atoms with Crippen LogP contribution in [-0.4, -0.2) is 44.6 Å². The predicted octanol–water partition coefficient (Wildman–Crippen LogP) is 3.15. The van der Waals surface area contributed by atoms with Gasteiger partial charge in [-0.2, -0.15) is 0 Å². The summed E-state index contributed by atoms with van der Waals surface area (Å²) in [7, 11) is 1.76. The van der Waals surface area contributed by atoms with E-state index in [0.29, 0.717) is 25.5 Å². The molecule has 1 atom stereocenters. The lowest BCUT2D eigenvalue weighted by Crippen LogP contribution is -2.44. The zero-order valence-electron chi connectivity index (χ0n) is 17.1. The van der Waals surface area contributed by atoms with Gasteiger partial charge in [-0.25, -0.2) is 0 Å². The van der Waals surface area contributed by atoms with Gasteiger partial charge in [-0.1, -0.05) is 42.5 Å². The number of aliphatic imine (C=N–C) groups is 1. The van der Waals surface area contributed by atoms with Crippen molar-refractivity contribution < 1.29 is 4.79 Å². The number of hydrogen-bond acceptors (Lipinski definition) is 3. The fourth-order valence-electron chi connectivity index (χ4n) is 3.79. The highest BCUT2D eigenvalue weighted by atomic mass is 127. The summed E-state index contributed by atoms with van der Waals surface area (Å²) in [5, 5.41) is 6.77. The Morgan fingerprint density at radius 1 is 1.07 bits per heavy atom. The van der Waals surface area contributed by atoms with Crippen molar-refractivity contribution in [2.45, 2.75) is 19.0 Å². The minimum atomic E-state index is 0. The largest absolute Gasteiger partial charge is 0.364 e. The highest BCUT2D eigenvalue weighted by Crippen LogP contribution is 2.21. The molecule has 0 spiro atoms. The molecule has 2 aliphatic heterocycles. The van der Waals surface area contributed by atoms with Crippen LogP contribution < -0.4 is 20.4 Å². The first-order chi connectivity index (χ1) is 14.2. The normalized spacial score (nSPS) is 18.5. The third-order valence-corrected chi connectivity index (χ3v) is 5.31. The van der Waals surface area contributed by atoms with Crippen LogP contribution in [0.2, 0.25) is 0 Å². The molecular weight excluding hydrogens is 489 g/mol. The van der Waals surface area contributed by atoms with Gasteiger partial charge in [-0.15, -0.1) is 24.0 Å². The molecule has 2 N–H and O–H groups in total. The zero-order chi connectivity index (χ0) is 20.1. The highest BCUT2D eigenvalue weighted by Gasteiger charge is 2.31. The average molecular weight is 517 g/mol. The molecule has 0 bridgehead atoms. The third-order valence-electron chi connectivity index (χ3n) is 5.31. The Balaban J connectivity index is 0.00000256. The molecule has 6 nitrogen and oxygen atoms in total. The molecule has 158 valence electrons. The molecule has 1 saturated heterocycles. The molecule has 1 fully saturated rings. The van der Waals surface area contributed by atoms with Crippen LogP contribution in [0.4, 0.5) is 11.4 Å². The second-order valence-corrected chi connectivity index (χ2v) is 7.36. The average Bonchev–Trinajstić information content (AvgIpc) is 3.42. The number of benzene rings is 2. The molecule has 0 radical (unpaired) electrons. The minimum Gasteiger partial charge on any atom is -0.364 e. The van der Waals surface area contributed by atoms with Gasteiger partial charge in [0.1, 0.15) is 0 Å². The number of anilines is 2. The quantitative estimate of drug-likeness (QED) is 0.277. The maximum Gasteiger partial charge on any atom is 0.229 e. The lowest BCUT2D eigenvalue weighted by molar-refractivity contribution is -0.117. The monoisotopic (exact) mass is 517 g/mol. The van der Waals surface area contributed by atoms with E-state index < -0.39 is 0 Å². The second kappa shape index (κ2) is 10.5. The minimum absolute atomic E-state index is 0. The molecule has 30 heavy (non-hydrogen) atoms. The van der Waals surface area contributed by atoms with Gasteiger partial charge in [-0.05, 0) is 29.8 Å². The first-order valence-electron chi connectivity index (χ1n) is 10.0. The molecule has 4 rings (SSSR count). The molecule has 2 aliphatic rings. The van der Waals surface area contributed by atoms with Crippen LogP contribution in [0, 0.1) is 0 Å². The van der Waals surface area contributed by atoms with Gasteiger partial charge in [0.2, 0.25) is 5.91 Å². The van der Waals surface area contributed by atoms with E-state index in [9.17, 15) is 4.79 Å². The van der Waals surface area contributed by atoms with Gasteiger partial charge >= 0.3 is 0 Å². The van der Waals surface area contributed by atoms with Crippen molar-refractivity contribution in [3.63, 3.8) is 0 Å². The Bertz CT molecular complexity index is 907. The van der Waals surface area contributed by atoms with E-state index >= 15 is 0 Å². The summed E-state index contributed by atoms with van der Waals surface area (Å²) in [5.41, 5.74) is 3.38. The molecule has 0 saturated carbocycles. The van der Waals surface area contributed by atoms with Crippen LogP contribution in [0.15, 0.2) is 71.7 Å². The summed E-state index contributed by atoms with van der Waals surface area (Å²) in [6.07, 6.45) is 4.85. The molecule has 2 aromatic rings. The smallest absolute Gasteiger partial charge is 0.229 e. The summed E-state index contributed by atoms with van der Waals surface area (Å²) in [4.78, 5) is 20.9. The van der Waals surface area contributed by atoms with Crippen molar-refractivity contribution in [2.24, 2.45) is 4.99 Å². The topological polar surface area (TPSA) is 60.0 Å². The summed E-state index contributed by atoms with van der Waals surface area (Å²) in [6, 6.07) is 18.4. The van der Waals surface area contributed by atoms with Crippen LogP contribution in [-0.2, 0) is 11.3 Å². The van der Waals surface area contributed by atoms with Crippen molar-refractivity contribution >= 4 is 47.2 Å². The van der Waals surface area contributed by atoms with Crippen LogP contribution in [0.5, 0.6) is 0 Å². The standard InChI is InChI=1S/C23H27N5O.HI/c1-24-23(25-16-18-8-7-11-21(14-18)27-12-5-6-13-27)26-19-15-22(29)28(17-19)20-9-3-2-4-10-20;/h2-11,14,19H,12-13,15-17H2,1H3,(H2,24,25,26);1H. The fourth-order valence-corrected chi connectivity index (χ4v) is 3.79. The Labute approximate surface area is 195 Å². The van der Waals surface area contributed by atoms with Gasteiger partial charge in [0, 0.05) is 51.0 Å². The lowest BCUT2D eigenvalue weighted by atomic mass is 10.2. The molecular formula is C23H28IN5O. The number of halogens is 1. The number of carbonyl (C=O) groups is 1. The number of nitrogens with zero attached hydrogens (tertiary/aromatic N) is 3. The van der Waals surface area contributed by atoms with E-state index in [0.717, 1.165) is 18.8 Å². The summed E-state index contributed by atoms with van der Waals surface area (Å²) in [5.74, 6) is 0.849. The summed E-state index contributed by atoms with van der Waals surface area (Å²) in [6.45, 7) is 3.25. The van der Waals surface area contributed by atoms with Crippen molar-refractivity contribution in [1.82, 2.24) is 10.6 Å². The van der Waals surface area contributed by atoms with Crippen LogP contribution in [0.3, 0.4) is 0 Å². The Hall–Kier alpha value is -2.55. The molecule has 2 aromatic carbocycles. The number of hydrogen-bond donors (Lipinski definition) is 2. The number of carbonyl (C=O) groups excluding carboxylic acids is 1. The predicted molar refractivity (Wildman–Crippen MR) is 134 cm³/mol. The van der Waals surface area contributed by atoms with Gasteiger partial charge in [0.15, 0.2) is 5.96 Å². The number of rotatable bonds is 5. The van der Waals surface area contributed by atoms with Gasteiger partial charge in [0.25, 0.3) is 0 Å².